The summed E-state index contributed by atoms with van der Waals surface area (Å²) in [7, 11) is 7.45. The summed E-state index contributed by atoms with van der Waals surface area (Å²) in [5.41, 5.74) is 1.93. The first-order valence-electron chi connectivity index (χ1n) is 9.29. The third-order valence-corrected chi connectivity index (χ3v) is 6.25. The smallest absolute Gasteiger partial charge is 0.212 e. The molecule has 2 aromatic carbocycles. The van der Waals surface area contributed by atoms with Gasteiger partial charge in [0.2, 0.25) is 5.43 Å². The van der Waals surface area contributed by atoms with Crippen LogP contribution in [0.2, 0.25) is 0 Å². The van der Waals surface area contributed by atoms with Gasteiger partial charge < -0.3 is 18.9 Å². The highest BCUT2D eigenvalue weighted by Gasteiger charge is 2.17. The molecule has 0 unspecified atom stereocenters. The van der Waals surface area contributed by atoms with E-state index in [4.69, 9.17) is 9.47 Å². The molecule has 0 atom stereocenters. The Bertz CT molecular complexity index is 1230. The molecular formula is C22H25ClN2O3S. The molecule has 154 valence electrons. The zero-order chi connectivity index (χ0) is 19.8. The van der Waals surface area contributed by atoms with Crippen LogP contribution in [0, 0.1) is 0 Å². The Morgan fingerprint density at radius 2 is 1.69 bits per heavy atom. The van der Waals surface area contributed by atoms with Crippen LogP contribution in [0.4, 0.5) is 0 Å². The van der Waals surface area contributed by atoms with Crippen molar-refractivity contribution in [1.82, 2.24) is 9.47 Å². The molecule has 0 bridgehead atoms. The lowest BCUT2D eigenvalue weighted by atomic mass is 10.2. The number of ether oxygens (including phenoxy) is 2. The summed E-state index contributed by atoms with van der Waals surface area (Å²) in [6.45, 7) is 1.77. The van der Waals surface area contributed by atoms with Gasteiger partial charge in [0.05, 0.1) is 24.4 Å². The molecular weight excluding hydrogens is 408 g/mol. The zero-order valence-corrected chi connectivity index (χ0v) is 18.7. The van der Waals surface area contributed by atoms with Crippen LogP contribution in [0.15, 0.2) is 41.2 Å². The van der Waals surface area contributed by atoms with Crippen molar-refractivity contribution in [3.8, 4) is 11.5 Å². The number of aryl methyl sites for hydroxylation is 1. The first-order chi connectivity index (χ1) is 13.5. The highest BCUT2D eigenvalue weighted by molar-refractivity contribution is 7.25. The summed E-state index contributed by atoms with van der Waals surface area (Å²) in [6, 6.07) is 11.7. The van der Waals surface area contributed by atoms with Gasteiger partial charge in [-0.3, -0.25) is 4.79 Å². The van der Waals surface area contributed by atoms with Crippen LogP contribution in [0.25, 0.3) is 31.2 Å². The average molecular weight is 433 g/mol. The molecule has 0 spiro atoms. The van der Waals surface area contributed by atoms with E-state index in [2.05, 4.69) is 29.6 Å². The highest BCUT2D eigenvalue weighted by atomic mass is 35.5. The molecule has 7 heteroatoms. The molecule has 0 saturated carbocycles. The molecule has 2 heterocycles. The second kappa shape index (κ2) is 8.61. The number of methoxy groups -OCH3 is 2. The summed E-state index contributed by atoms with van der Waals surface area (Å²) in [6.07, 6.45) is 0.975. The Labute approximate surface area is 179 Å². The number of fused-ring (bicyclic) bond motifs is 4. The molecule has 0 N–H and O–H groups in total. The fraction of sp³-hybridized carbons (Fsp3) is 0.318. The Kier molecular flexibility index (Phi) is 6.36. The summed E-state index contributed by atoms with van der Waals surface area (Å²) < 4.78 is 14.9. The molecule has 29 heavy (non-hydrogen) atoms. The van der Waals surface area contributed by atoms with Crippen molar-refractivity contribution in [3.63, 3.8) is 0 Å². The quantitative estimate of drug-likeness (QED) is 0.440. The monoisotopic (exact) mass is 432 g/mol. The third-order valence-electron chi connectivity index (χ3n) is 5.07. The molecule has 0 aliphatic carbocycles. The summed E-state index contributed by atoms with van der Waals surface area (Å²) in [4.78, 5) is 15.6. The predicted octanol–water partition coefficient (Wildman–Crippen LogP) is 4.76. The van der Waals surface area contributed by atoms with Gasteiger partial charge in [0.1, 0.15) is 17.0 Å². The first-order valence-corrected chi connectivity index (χ1v) is 10.1. The van der Waals surface area contributed by atoms with Crippen LogP contribution in [-0.2, 0) is 6.54 Å². The lowest BCUT2D eigenvalue weighted by molar-refractivity contribution is 0.389. The Hall–Kier alpha value is -2.28. The summed E-state index contributed by atoms with van der Waals surface area (Å²) in [5, 5.41) is 1.80. The normalized spacial score (nSPS) is 11.3. The second-order valence-electron chi connectivity index (χ2n) is 7.16. The van der Waals surface area contributed by atoms with Crippen molar-refractivity contribution in [2.75, 3.05) is 34.9 Å². The fourth-order valence-corrected chi connectivity index (χ4v) is 4.91. The second-order valence-corrected chi connectivity index (χ2v) is 8.21. The van der Waals surface area contributed by atoms with Gasteiger partial charge in [-0.15, -0.1) is 23.7 Å². The standard InChI is InChI=1S/C22H24N2O3S.ClH/c1-23(2)10-5-11-24-18-9-7-14(26-3)12-17(18)22-20(24)21(25)16-8-6-15(27-4)13-19(16)28-22;/h6-9,12-13H,5,10-11H2,1-4H3;1H. The topological polar surface area (TPSA) is 43.7 Å². The third kappa shape index (κ3) is 3.80. The van der Waals surface area contributed by atoms with Crippen LogP contribution in [-0.4, -0.2) is 44.3 Å². The number of benzene rings is 2. The molecule has 0 radical (unpaired) electrons. The van der Waals surface area contributed by atoms with E-state index in [-0.39, 0.29) is 17.8 Å². The Morgan fingerprint density at radius 3 is 2.38 bits per heavy atom. The van der Waals surface area contributed by atoms with Crippen molar-refractivity contribution in [3.05, 3.63) is 46.6 Å². The van der Waals surface area contributed by atoms with E-state index in [0.717, 1.165) is 62.2 Å². The van der Waals surface area contributed by atoms with E-state index in [1.165, 1.54) is 0 Å². The SMILES string of the molecule is COc1ccc2c(=O)c3c(sc2c1)c1cc(OC)ccc1n3CCCN(C)C.Cl. The van der Waals surface area contributed by atoms with Gasteiger partial charge in [-0.25, -0.2) is 0 Å². The van der Waals surface area contributed by atoms with Crippen molar-refractivity contribution in [2.24, 2.45) is 0 Å². The lowest BCUT2D eigenvalue weighted by Crippen LogP contribution is -2.16. The van der Waals surface area contributed by atoms with Gasteiger partial charge in [0.15, 0.2) is 0 Å². The largest absolute Gasteiger partial charge is 0.497 e. The molecule has 5 nitrogen and oxygen atoms in total. The predicted molar refractivity (Wildman–Crippen MR) is 125 cm³/mol. The van der Waals surface area contributed by atoms with E-state index in [1.54, 1.807) is 25.6 Å². The maximum atomic E-state index is 13.4. The van der Waals surface area contributed by atoms with Crippen molar-refractivity contribution >= 4 is 54.9 Å². The van der Waals surface area contributed by atoms with Crippen LogP contribution in [0.5, 0.6) is 11.5 Å². The fourth-order valence-electron chi connectivity index (χ4n) is 3.68. The van der Waals surface area contributed by atoms with Gasteiger partial charge in [-0.2, -0.15) is 0 Å². The van der Waals surface area contributed by atoms with Gasteiger partial charge in [0.25, 0.3) is 0 Å². The Morgan fingerprint density at radius 1 is 1.00 bits per heavy atom. The average Bonchev–Trinajstić information content (AvgIpc) is 3.00. The highest BCUT2D eigenvalue weighted by Crippen LogP contribution is 2.36. The van der Waals surface area contributed by atoms with Gasteiger partial charge >= 0.3 is 0 Å². The number of hydrogen-bond acceptors (Lipinski definition) is 5. The molecule has 0 saturated heterocycles. The van der Waals surface area contributed by atoms with E-state index >= 15 is 0 Å². The molecule has 2 aromatic heterocycles. The number of hydrogen-bond donors (Lipinski definition) is 0. The van der Waals surface area contributed by atoms with Crippen molar-refractivity contribution in [1.29, 1.82) is 0 Å². The van der Waals surface area contributed by atoms with Crippen LogP contribution >= 0.6 is 23.7 Å². The van der Waals surface area contributed by atoms with Gasteiger partial charge in [0, 0.05) is 22.0 Å². The molecule has 0 fully saturated rings. The first kappa shape index (κ1) is 21.4. The summed E-state index contributed by atoms with van der Waals surface area (Å²) in [5.74, 6) is 1.56. The van der Waals surface area contributed by atoms with Crippen molar-refractivity contribution in [2.45, 2.75) is 13.0 Å². The molecule has 0 amide bonds. The van der Waals surface area contributed by atoms with Crippen molar-refractivity contribution < 1.29 is 9.47 Å². The van der Waals surface area contributed by atoms with Crippen LogP contribution < -0.4 is 14.9 Å². The number of rotatable bonds is 6. The molecule has 0 aliphatic heterocycles. The maximum absolute atomic E-state index is 13.4. The number of halogens is 1. The number of nitrogens with zero attached hydrogens (tertiary/aromatic N) is 2. The van der Waals surface area contributed by atoms with E-state index in [0.29, 0.717) is 0 Å². The van der Waals surface area contributed by atoms with Gasteiger partial charge in [-0.1, -0.05) is 0 Å². The van der Waals surface area contributed by atoms with E-state index in [1.807, 2.05) is 30.3 Å². The maximum Gasteiger partial charge on any atom is 0.212 e. The van der Waals surface area contributed by atoms with Crippen LogP contribution in [0.3, 0.4) is 0 Å². The van der Waals surface area contributed by atoms with E-state index < -0.39 is 0 Å². The zero-order valence-electron chi connectivity index (χ0n) is 17.0. The minimum absolute atomic E-state index is 0. The minimum atomic E-state index is 0. The molecule has 4 aromatic rings. The number of aromatic nitrogens is 1. The van der Waals surface area contributed by atoms with E-state index in [9.17, 15) is 4.79 Å². The van der Waals surface area contributed by atoms with Gasteiger partial charge in [-0.05, 0) is 63.5 Å². The summed E-state index contributed by atoms with van der Waals surface area (Å²) >= 11 is 1.64. The van der Waals surface area contributed by atoms with Crippen LogP contribution in [0.1, 0.15) is 6.42 Å². The minimum Gasteiger partial charge on any atom is -0.497 e. The lowest BCUT2D eigenvalue weighted by Gasteiger charge is -2.11. The Balaban J connectivity index is 0.00000240. The molecule has 4 rings (SSSR count). The molecule has 0 aliphatic rings.